The second-order valence-electron chi connectivity index (χ2n) is 5.30. The lowest BCUT2D eigenvalue weighted by Gasteiger charge is -2.11. The third-order valence-electron chi connectivity index (χ3n) is 3.59. The number of nitrogens with one attached hydrogen (secondary N) is 1. The topological polar surface area (TPSA) is 64.1 Å². The molecular formula is C16H16ClN3O2. The van der Waals surface area contributed by atoms with Gasteiger partial charge in [0.2, 0.25) is 0 Å². The van der Waals surface area contributed by atoms with Crippen molar-refractivity contribution in [2.24, 2.45) is 0 Å². The molecular weight excluding hydrogens is 302 g/mol. The molecule has 0 radical (unpaired) electrons. The molecule has 0 spiro atoms. The number of hydrogen-bond acceptors (Lipinski definition) is 4. The van der Waals surface area contributed by atoms with Crippen LogP contribution in [-0.2, 0) is 0 Å². The summed E-state index contributed by atoms with van der Waals surface area (Å²) in [6, 6.07) is 5.05. The lowest BCUT2D eigenvalue weighted by molar-refractivity contribution is 0.102. The van der Waals surface area contributed by atoms with E-state index in [-0.39, 0.29) is 5.91 Å². The number of ether oxygens (including phenoxy) is 1. The molecule has 22 heavy (non-hydrogen) atoms. The summed E-state index contributed by atoms with van der Waals surface area (Å²) in [6.45, 7) is 1.82. The predicted molar refractivity (Wildman–Crippen MR) is 84.7 cm³/mol. The summed E-state index contributed by atoms with van der Waals surface area (Å²) >= 11 is 5.97. The zero-order chi connectivity index (χ0) is 15.7. The highest BCUT2D eigenvalue weighted by Crippen LogP contribution is 2.38. The number of methoxy groups -OCH3 is 1. The molecule has 1 saturated carbocycles. The average molecular weight is 318 g/mol. The van der Waals surface area contributed by atoms with Crippen molar-refractivity contribution in [1.29, 1.82) is 0 Å². The van der Waals surface area contributed by atoms with Gasteiger partial charge in [0.05, 0.1) is 24.1 Å². The maximum absolute atomic E-state index is 12.4. The lowest BCUT2D eigenvalue weighted by atomic mass is 10.2. The van der Waals surface area contributed by atoms with Crippen molar-refractivity contribution >= 4 is 23.2 Å². The maximum Gasteiger partial charge on any atom is 0.259 e. The molecule has 3 rings (SSSR count). The number of aromatic nitrogens is 2. The molecule has 0 atom stereocenters. The molecule has 1 amide bonds. The monoisotopic (exact) mass is 317 g/mol. The van der Waals surface area contributed by atoms with Gasteiger partial charge in [-0.2, -0.15) is 0 Å². The van der Waals surface area contributed by atoms with Crippen LogP contribution in [0.3, 0.4) is 0 Å². The van der Waals surface area contributed by atoms with Crippen LogP contribution in [0.15, 0.2) is 24.4 Å². The SMILES string of the molecule is COc1ccc(Cl)cc1NC(=O)c1cnc(C2CC2)nc1C. The number of amides is 1. The first kappa shape index (κ1) is 14.8. The van der Waals surface area contributed by atoms with Crippen LogP contribution in [0.25, 0.3) is 0 Å². The molecule has 2 aromatic rings. The van der Waals surface area contributed by atoms with Crippen molar-refractivity contribution in [2.75, 3.05) is 12.4 Å². The van der Waals surface area contributed by atoms with E-state index in [2.05, 4.69) is 15.3 Å². The first-order chi connectivity index (χ1) is 10.6. The number of benzene rings is 1. The van der Waals surface area contributed by atoms with Crippen molar-refractivity contribution < 1.29 is 9.53 Å². The number of hydrogen-bond donors (Lipinski definition) is 1. The fourth-order valence-corrected chi connectivity index (χ4v) is 2.39. The standard InChI is InChI=1S/C16H16ClN3O2/c1-9-12(8-18-15(19-9)10-3-4-10)16(21)20-13-7-11(17)5-6-14(13)22-2/h5-8,10H,3-4H2,1-2H3,(H,20,21). The fraction of sp³-hybridized carbons (Fsp3) is 0.312. The largest absolute Gasteiger partial charge is 0.495 e. The van der Waals surface area contributed by atoms with Gasteiger partial charge in [0.15, 0.2) is 0 Å². The Hall–Kier alpha value is -2.14. The molecule has 0 aliphatic heterocycles. The molecule has 114 valence electrons. The Bertz CT molecular complexity index is 729. The summed E-state index contributed by atoms with van der Waals surface area (Å²) < 4.78 is 5.22. The van der Waals surface area contributed by atoms with Gasteiger partial charge in [-0.15, -0.1) is 0 Å². The highest BCUT2D eigenvalue weighted by Gasteiger charge is 2.27. The minimum Gasteiger partial charge on any atom is -0.495 e. The Morgan fingerprint density at radius 2 is 2.18 bits per heavy atom. The first-order valence-corrected chi connectivity index (χ1v) is 7.44. The van der Waals surface area contributed by atoms with E-state index in [1.165, 1.54) is 7.11 Å². The third-order valence-corrected chi connectivity index (χ3v) is 3.83. The molecule has 1 N–H and O–H groups in total. The number of halogens is 1. The van der Waals surface area contributed by atoms with Crippen LogP contribution in [0, 0.1) is 6.92 Å². The Labute approximate surface area is 133 Å². The molecule has 1 aliphatic rings. The highest BCUT2D eigenvalue weighted by atomic mass is 35.5. The summed E-state index contributed by atoms with van der Waals surface area (Å²) in [5.74, 6) is 1.56. The van der Waals surface area contributed by atoms with E-state index in [0.29, 0.717) is 33.6 Å². The molecule has 5 nitrogen and oxygen atoms in total. The van der Waals surface area contributed by atoms with E-state index < -0.39 is 0 Å². The lowest BCUT2D eigenvalue weighted by Crippen LogP contribution is -2.16. The summed E-state index contributed by atoms with van der Waals surface area (Å²) in [5, 5.41) is 3.32. The number of rotatable bonds is 4. The quantitative estimate of drug-likeness (QED) is 0.936. The molecule has 1 aromatic carbocycles. The second kappa shape index (κ2) is 5.93. The van der Waals surface area contributed by atoms with E-state index >= 15 is 0 Å². The Morgan fingerprint density at radius 3 is 2.82 bits per heavy atom. The van der Waals surface area contributed by atoms with Crippen molar-refractivity contribution in [3.8, 4) is 5.75 Å². The van der Waals surface area contributed by atoms with E-state index in [9.17, 15) is 4.79 Å². The van der Waals surface area contributed by atoms with Crippen molar-refractivity contribution in [3.05, 3.63) is 46.5 Å². The van der Waals surface area contributed by atoms with Crippen LogP contribution >= 0.6 is 11.6 Å². The molecule has 1 aliphatic carbocycles. The summed E-state index contributed by atoms with van der Waals surface area (Å²) in [5.41, 5.74) is 1.65. The second-order valence-corrected chi connectivity index (χ2v) is 5.74. The summed E-state index contributed by atoms with van der Waals surface area (Å²) in [6.07, 6.45) is 3.84. The van der Waals surface area contributed by atoms with Crippen LogP contribution in [0.5, 0.6) is 5.75 Å². The molecule has 0 unspecified atom stereocenters. The van der Waals surface area contributed by atoms with Crippen LogP contribution < -0.4 is 10.1 Å². The van der Waals surface area contributed by atoms with Crippen LogP contribution in [0.2, 0.25) is 5.02 Å². The van der Waals surface area contributed by atoms with Crippen LogP contribution in [0.1, 0.15) is 40.6 Å². The maximum atomic E-state index is 12.4. The fourth-order valence-electron chi connectivity index (χ4n) is 2.21. The van der Waals surface area contributed by atoms with Gasteiger partial charge in [-0.3, -0.25) is 4.79 Å². The van der Waals surface area contributed by atoms with Gasteiger partial charge in [0.25, 0.3) is 5.91 Å². The smallest absolute Gasteiger partial charge is 0.259 e. The van der Waals surface area contributed by atoms with Gasteiger partial charge < -0.3 is 10.1 Å². The van der Waals surface area contributed by atoms with E-state index in [0.717, 1.165) is 18.7 Å². The van der Waals surface area contributed by atoms with Gasteiger partial charge in [0.1, 0.15) is 11.6 Å². The molecule has 1 aromatic heterocycles. The zero-order valence-corrected chi connectivity index (χ0v) is 13.1. The molecule has 0 bridgehead atoms. The number of nitrogens with zero attached hydrogens (tertiary/aromatic N) is 2. The predicted octanol–water partition coefficient (Wildman–Crippen LogP) is 3.58. The van der Waals surface area contributed by atoms with E-state index in [4.69, 9.17) is 16.3 Å². The Balaban J connectivity index is 1.84. The summed E-state index contributed by atoms with van der Waals surface area (Å²) in [7, 11) is 1.54. The van der Waals surface area contributed by atoms with Crippen LogP contribution in [0.4, 0.5) is 5.69 Å². The molecule has 0 saturated heterocycles. The Kier molecular flexibility index (Phi) is 3.98. The van der Waals surface area contributed by atoms with Crippen molar-refractivity contribution in [3.63, 3.8) is 0 Å². The van der Waals surface area contributed by atoms with Gasteiger partial charge >= 0.3 is 0 Å². The van der Waals surface area contributed by atoms with E-state index in [1.54, 1.807) is 24.4 Å². The average Bonchev–Trinajstić information content (AvgIpc) is 3.32. The highest BCUT2D eigenvalue weighted by molar-refractivity contribution is 6.31. The van der Waals surface area contributed by atoms with Crippen molar-refractivity contribution in [1.82, 2.24) is 9.97 Å². The first-order valence-electron chi connectivity index (χ1n) is 7.07. The molecule has 1 fully saturated rings. The number of aryl methyl sites for hydroxylation is 1. The minimum atomic E-state index is -0.277. The van der Waals surface area contributed by atoms with Gasteiger partial charge in [-0.25, -0.2) is 9.97 Å². The molecule has 6 heteroatoms. The molecule has 1 heterocycles. The van der Waals surface area contributed by atoms with E-state index in [1.807, 2.05) is 6.92 Å². The van der Waals surface area contributed by atoms with Crippen molar-refractivity contribution in [2.45, 2.75) is 25.7 Å². The zero-order valence-electron chi connectivity index (χ0n) is 12.4. The van der Waals surface area contributed by atoms with Gasteiger partial charge in [0, 0.05) is 17.1 Å². The normalized spacial score (nSPS) is 13.8. The van der Waals surface area contributed by atoms with Gasteiger partial charge in [-0.05, 0) is 38.0 Å². The minimum absolute atomic E-state index is 0.277. The van der Waals surface area contributed by atoms with Gasteiger partial charge in [-0.1, -0.05) is 11.6 Å². The van der Waals surface area contributed by atoms with Crippen LogP contribution in [-0.4, -0.2) is 23.0 Å². The Morgan fingerprint density at radius 1 is 1.41 bits per heavy atom. The number of anilines is 1. The summed E-state index contributed by atoms with van der Waals surface area (Å²) in [4.78, 5) is 21.1. The number of carbonyl (C=O) groups excluding carboxylic acids is 1. The third kappa shape index (κ3) is 3.04. The number of carbonyl (C=O) groups is 1.